The summed E-state index contributed by atoms with van der Waals surface area (Å²) < 4.78 is 29.2. The number of piperidine rings is 2. The Bertz CT molecular complexity index is 1370. The first-order valence-corrected chi connectivity index (χ1v) is 12.5. The van der Waals surface area contributed by atoms with E-state index in [2.05, 4.69) is 20.2 Å². The molecule has 6 rings (SSSR count). The molecule has 1 aliphatic carbocycles. The number of nitrogens with one attached hydrogen (secondary N) is 1. The zero-order valence-electron chi connectivity index (χ0n) is 20.2. The van der Waals surface area contributed by atoms with Crippen LogP contribution in [0.1, 0.15) is 48.9 Å². The first kappa shape index (κ1) is 23.6. The van der Waals surface area contributed by atoms with E-state index in [1.807, 2.05) is 0 Å². The van der Waals surface area contributed by atoms with Crippen molar-refractivity contribution in [2.45, 2.75) is 44.4 Å². The van der Waals surface area contributed by atoms with E-state index in [1.165, 1.54) is 31.0 Å². The fraction of sp³-hybridized carbons (Fsp3) is 0.480. The normalized spacial score (nSPS) is 20.3. The molecule has 0 bridgehead atoms. The smallest absolute Gasteiger partial charge is 0.271 e. The number of nitro benzene ring substituents is 1. The first-order valence-electron chi connectivity index (χ1n) is 12.5. The number of amides is 1. The van der Waals surface area contributed by atoms with Gasteiger partial charge in [0, 0.05) is 63.5 Å². The van der Waals surface area contributed by atoms with Crippen molar-refractivity contribution in [3.8, 4) is 0 Å². The van der Waals surface area contributed by atoms with Crippen LogP contribution in [0.5, 0.6) is 0 Å². The Morgan fingerprint density at radius 3 is 2.41 bits per heavy atom. The Kier molecular flexibility index (Phi) is 5.50. The van der Waals surface area contributed by atoms with Crippen LogP contribution >= 0.6 is 0 Å². The Hall–Kier alpha value is -3.83. The number of benzene rings is 1. The van der Waals surface area contributed by atoms with Gasteiger partial charge in [-0.05, 0) is 37.2 Å². The summed E-state index contributed by atoms with van der Waals surface area (Å²) in [6.45, 7) is 1.74. The predicted octanol–water partition coefficient (Wildman–Crippen LogP) is 4.51. The van der Waals surface area contributed by atoms with Crippen molar-refractivity contribution >= 4 is 34.6 Å². The second-order valence-corrected chi connectivity index (χ2v) is 10.4. The second-order valence-electron chi connectivity index (χ2n) is 10.4. The van der Waals surface area contributed by atoms with Crippen LogP contribution in [0.3, 0.4) is 0 Å². The zero-order valence-corrected chi connectivity index (χ0v) is 20.2. The average Bonchev–Trinajstić information content (AvgIpc) is 3.45. The van der Waals surface area contributed by atoms with Gasteiger partial charge in [-0.2, -0.15) is 0 Å². The van der Waals surface area contributed by atoms with Crippen LogP contribution in [0.15, 0.2) is 36.8 Å². The van der Waals surface area contributed by atoms with Gasteiger partial charge in [0.15, 0.2) is 17.3 Å². The first-order chi connectivity index (χ1) is 17.7. The number of rotatable bonds is 5. The van der Waals surface area contributed by atoms with Crippen LogP contribution in [0.25, 0.3) is 5.65 Å². The van der Waals surface area contributed by atoms with Crippen LogP contribution in [-0.4, -0.2) is 57.3 Å². The number of carbonyl (C=O) groups excluding carboxylic acids is 1. The van der Waals surface area contributed by atoms with E-state index in [1.54, 1.807) is 27.9 Å². The lowest BCUT2D eigenvalue weighted by Gasteiger charge is -2.34. The van der Waals surface area contributed by atoms with Gasteiger partial charge in [-0.1, -0.05) is 0 Å². The molecule has 1 spiro atoms. The molecular weight excluding hydrogens is 484 g/mol. The van der Waals surface area contributed by atoms with Crippen molar-refractivity contribution in [2.24, 2.45) is 5.41 Å². The highest BCUT2D eigenvalue weighted by molar-refractivity contribution is 6.08. The largest absolute Gasteiger partial charge is 0.371 e. The van der Waals surface area contributed by atoms with Gasteiger partial charge in [0.05, 0.1) is 22.4 Å². The third kappa shape index (κ3) is 4.56. The zero-order chi connectivity index (χ0) is 25.8. The second kappa shape index (κ2) is 8.63. The molecule has 4 heterocycles. The summed E-state index contributed by atoms with van der Waals surface area (Å²) in [6, 6.07) is 4.27. The molecule has 2 saturated heterocycles. The molecule has 2 aliphatic heterocycles. The molecule has 3 aliphatic rings. The number of aromatic nitrogens is 3. The molecule has 1 amide bonds. The van der Waals surface area contributed by atoms with Crippen molar-refractivity contribution in [3.05, 3.63) is 52.5 Å². The third-order valence-corrected chi connectivity index (χ3v) is 7.95. The Labute approximate surface area is 211 Å². The highest BCUT2D eigenvalue weighted by Gasteiger charge is 2.44. The summed E-state index contributed by atoms with van der Waals surface area (Å²) in [5.74, 6) is -2.48. The minimum absolute atomic E-state index is 0.0691. The number of anilines is 3. The molecule has 12 heteroatoms. The monoisotopic (exact) mass is 511 g/mol. The standard InChI is InChI=1S/C25H27F2N7O3/c26-25(27)7-12-32(13-8-25)22-21-28-9-14-33(21)16-20(29-22)30-23(35)18-2-1-17(34(36)37)15-19(18)31-10-5-24(3-4-24)6-11-31/h1-2,9,14-16H,3-8,10-13H2,(H,30,35). The topological polar surface area (TPSA) is 109 Å². The van der Waals surface area contributed by atoms with Crippen molar-refractivity contribution in [1.29, 1.82) is 0 Å². The summed E-state index contributed by atoms with van der Waals surface area (Å²) in [5, 5.41) is 14.3. The van der Waals surface area contributed by atoms with Gasteiger partial charge < -0.3 is 19.5 Å². The predicted molar refractivity (Wildman–Crippen MR) is 134 cm³/mol. The van der Waals surface area contributed by atoms with E-state index >= 15 is 0 Å². The molecule has 0 unspecified atom stereocenters. The molecule has 10 nitrogen and oxygen atoms in total. The van der Waals surface area contributed by atoms with Crippen molar-refractivity contribution in [1.82, 2.24) is 14.4 Å². The molecule has 194 valence electrons. The molecule has 0 radical (unpaired) electrons. The number of hydrogen-bond acceptors (Lipinski definition) is 7. The van der Waals surface area contributed by atoms with Gasteiger partial charge in [0.2, 0.25) is 0 Å². The third-order valence-electron chi connectivity index (χ3n) is 7.95. The van der Waals surface area contributed by atoms with Gasteiger partial charge in [-0.3, -0.25) is 14.9 Å². The van der Waals surface area contributed by atoms with E-state index in [4.69, 9.17) is 0 Å². The molecule has 37 heavy (non-hydrogen) atoms. The van der Waals surface area contributed by atoms with Crippen LogP contribution < -0.4 is 15.1 Å². The number of non-ortho nitro benzene ring substituents is 1. The minimum Gasteiger partial charge on any atom is -0.371 e. The van der Waals surface area contributed by atoms with E-state index in [-0.39, 0.29) is 37.4 Å². The van der Waals surface area contributed by atoms with E-state index in [9.17, 15) is 23.7 Å². The van der Waals surface area contributed by atoms with Crippen LogP contribution in [0.4, 0.5) is 31.8 Å². The lowest BCUT2D eigenvalue weighted by atomic mass is 9.93. The van der Waals surface area contributed by atoms with Crippen LogP contribution in [0, 0.1) is 15.5 Å². The lowest BCUT2D eigenvalue weighted by molar-refractivity contribution is -0.384. The van der Waals surface area contributed by atoms with E-state index in [0.29, 0.717) is 28.1 Å². The molecule has 0 atom stereocenters. The van der Waals surface area contributed by atoms with Crippen molar-refractivity contribution in [3.63, 3.8) is 0 Å². The number of fused-ring (bicyclic) bond motifs is 1. The van der Waals surface area contributed by atoms with Crippen LogP contribution in [-0.2, 0) is 0 Å². The maximum Gasteiger partial charge on any atom is 0.271 e. The van der Waals surface area contributed by atoms with Crippen molar-refractivity contribution in [2.75, 3.05) is 41.3 Å². The summed E-state index contributed by atoms with van der Waals surface area (Å²) >= 11 is 0. The van der Waals surface area contributed by atoms with Gasteiger partial charge in [-0.25, -0.2) is 18.7 Å². The van der Waals surface area contributed by atoms with E-state index < -0.39 is 16.8 Å². The number of imidazole rings is 1. The Morgan fingerprint density at radius 2 is 1.73 bits per heavy atom. The van der Waals surface area contributed by atoms with Gasteiger partial charge in [0.25, 0.3) is 17.5 Å². The summed E-state index contributed by atoms with van der Waals surface area (Å²) in [4.78, 5) is 37.2. The van der Waals surface area contributed by atoms with Gasteiger partial charge in [0.1, 0.15) is 0 Å². The summed E-state index contributed by atoms with van der Waals surface area (Å²) in [5.41, 5.74) is 1.72. The highest BCUT2D eigenvalue weighted by atomic mass is 19.3. The Balaban J connectivity index is 1.29. The summed E-state index contributed by atoms with van der Waals surface area (Å²) in [7, 11) is 0. The number of hydrogen-bond donors (Lipinski definition) is 1. The number of nitrogens with zero attached hydrogens (tertiary/aromatic N) is 6. The fourth-order valence-electron chi connectivity index (χ4n) is 5.40. The molecule has 1 saturated carbocycles. The maximum absolute atomic E-state index is 13.7. The van der Waals surface area contributed by atoms with Gasteiger partial charge in [-0.15, -0.1) is 0 Å². The quantitative estimate of drug-likeness (QED) is 0.397. The summed E-state index contributed by atoms with van der Waals surface area (Å²) in [6.07, 6.45) is 8.82. The molecular formula is C25H27F2N7O3. The average molecular weight is 512 g/mol. The highest BCUT2D eigenvalue weighted by Crippen LogP contribution is 2.54. The number of halogens is 2. The lowest BCUT2D eigenvalue weighted by Crippen LogP contribution is -2.40. The molecule has 3 aromatic rings. The minimum atomic E-state index is -2.70. The number of nitro groups is 1. The van der Waals surface area contributed by atoms with E-state index in [0.717, 1.165) is 25.9 Å². The van der Waals surface area contributed by atoms with Crippen molar-refractivity contribution < 1.29 is 18.5 Å². The van der Waals surface area contributed by atoms with Gasteiger partial charge >= 0.3 is 0 Å². The number of carbonyl (C=O) groups is 1. The molecule has 1 N–H and O–H groups in total. The van der Waals surface area contributed by atoms with Crippen LogP contribution in [0.2, 0.25) is 0 Å². The maximum atomic E-state index is 13.7. The fourth-order valence-corrected chi connectivity index (χ4v) is 5.40. The molecule has 1 aromatic carbocycles. The molecule has 2 aromatic heterocycles. The molecule has 3 fully saturated rings. The Morgan fingerprint density at radius 1 is 1.03 bits per heavy atom. The SMILES string of the molecule is O=C(Nc1cn2ccnc2c(N2CCC(F)(F)CC2)n1)c1ccc([N+](=O)[O-])cc1N1CCC2(CC1)CC2. The number of alkyl halides is 2.